The van der Waals surface area contributed by atoms with Gasteiger partial charge >= 0.3 is 10.4 Å². The highest BCUT2D eigenvalue weighted by Crippen LogP contribution is 2.45. The Balaban J connectivity index is 1.55. The lowest BCUT2D eigenvalue weighted by Gasteiger charge is -2.18. The molecule has 8 bridgehead atoms. The molecule has 4 aromatic rings. The molecule has 4 aliphatic rings. The van der Waals surface area contributed by atoms with Crippen molar-refractivity contribution in [2.24, 2.45) is 10.3 Å². The minimum Gasteiger partial charge on any atom is -0.504 e. The van der Waals surface area contributed by atoms with E-state index in [0.29, 0.717) is 15.6 Å². The second-order valence-electron chi connectivity index (χ2n) is 11.8. The maximum absolute atomic E-state index is 13.1. The molecule has 0 aliphatic carbocycles. The predicted molar refractivity (Wildman–Crippen MR) is 212 cm³/mol. The molecule has 2 amide bonds. The molecule has 22 heteroatoms. The molecular formula is C34H28Br4N4O13S. The van der Waals surface area contributed by atoms with Crippen LogP contribution < -0.4 is 24.3 Å². The molecule has 0 aromatic heterocycles. The molecule has 0 saturated heterocycles. The maximum atomic E-state index is 13.1. The number of nitrogens with one attached hydrogen (secondary N) is 2. The summed E-state index contributed by atoms with van der Waals surface area (Å²) >= 11 is 13.2. The number of rotatable bonds is 2. The van der Waals surface area contributed by atoms with Crippen LogP contribution in [0.2, 0.25) is 0 Å². The number of amides is 2. The van der Waals surface area contributed by atoms with E-state index >= 15 is 0 Å². The van der Waals surface area contributed by atoms with Gasteiger partial charge in [-0.1, -0.05) is 22.4 Å². The van der Waals surface area contributed by atoms with Gasteiger partial charge in [-0.05, 0) is 141 Å². The summed E-state index contributed by atoms with van der Waals surface area (Å²) in [5.41, 5.74) is 0.141. The number of aliphatic hydroxyl groups is 2. The Morgan fingerprint density at radius 2 is 1.43 bits per heavy atom. The lowest BCUT2D eigenvalue weighted by molar-refractivity contribution is -0.116. The first-order valence-electron chi connectivity index (χ1n) is 15.8. The zero-order valence-electron chi connectivity index (χ0n) is 28.1. The second kappa shape index (κ2) is 18.3. The van der Waals surface area contributed by atoms with E-state index in [0.717, 1.165) is 0 Å². The Labute approximate surface area is 351 Å². The first-order chi connectivity index (χ1) is 26.5. The van der Waals surface area contributed by atoms with Gasteiger partial charge in [0.15, 0.2) is 28.7 Å². The molecule has 17 nitrogen and oxygen atoms in total. The minimum absolute atomic E-state index is 0.00993. The summed E-state index contributed by atoms with van der Waals surface area (Å²) in [5.74, 6) is -2.51. The zero-order chi connectivity index (χ0) is 40.9. The number of hydrogen-bond acceptors (Lipinski definition) is 14. The van der Waals surface area contributed by atoms with E-state index in [1.807, 2.05) is 0 Å². The van der Waals surface area contributed by atoms with Crippen LogP contribution in [0.5, 0.6) is 34.5 Å². The summed E-state index contributed by atoms with van der Waals surface area (Å²) in [5, 5.41) is 63.1. The van der Waals surface area contributed by atoms with Crippen LogP contribution in [0.25, 0.3) is 0 Å². The average Bonchev–Trinajstić information content (AvgIpc) is 3.13. The molecule has 2 atom stereocenters. The van der Waals surface area contributed by atoms with Gasteiger partial charge in [-0.15, -0.1) is 0 Å². The highest BCUT2D eigenvalue weighted by Gasteiger charge is 2.27. The third kappa shape index (κ3) is 10.6. The van der Waals surface area contributed by atoms with Crippen molar-refractivity contribution in [1.29, 1.82) is 0 Å². The number of aromatic hydroxyl groups is 1. The third-order valence-corrected chi connectivity index (χ3v) is 10.7. The molecule has 296 valence electrons. The first kappa shape index (κ1) is 42.8. The number of halogens is 4. The highest BCUT2D eigenvalue weighted by molar-refractivity contribution is 9.11. The van der Waals surface area contributed by atoms with Crippen LogP contribution in [-0.2, 0) is 32.8 Å². The number of carbonyl (C=O) groups excluding carboxylic acids is 2. The van der Waals surface area contributed by atoms with Gasteiger partial charge in [-0.3, -0.25) is 14.1 Å². The summed E-state index contributed by atoms with van der Waals surface area (Å²) in [7, 11) is -5.11. The summed E-state index contributed by atoms with van der Waals surface area (Å²) in [4.78, 5) is 26.2. The Kier molecular flexibility index (Phi) is 14.0. The molecule has 8 N–H and O–H groups in total. The van der Waals surface area contributed by atoms with Gasteiger partial charge in [0.2, 0.25) is 5.75 Å². The number of benzene rings is 4. The Bertz CT molecular complexity index is 2340. The fourth-order valence-electron chi connectivity index (χ4n) is 5.21. The monoisotopic (exact) mass is 1050 g/mol. The van der Waals surface area contributed by atoms with E-state index in [1.54, 1.807) is 12.1 Å². The van der Waals surface area contributed by atoms with Gasteiger partial charge in [0, 0.05) is 19.5 Å². The second-order valence-corrected chi connectivity index (χ2v) is 16.2. The van der Waals surface area contributed by atoms with E-state index in [4.69, 9.17) is 13.7 Å². The van der Waals surface area contributed by atoms with Gasteiger partial charge in [0.1, 0.15) is 17.6 Å². The number of phenols is 1. The molecule has 0 fully saturated rings. The molecule has 4 aromatic carbocycles. The maximum Gasteiger partial charge on any atom is 0.446 e. The van der Waals surface area contributed by atoms with E-state index in [-0.39, 0.29) is 79.2 Å². The summed E-state index contributed by atoms with van der Waals surface area (Å²) in [6.07, 6.45) is -3.16. The van der Waals surface area contributed by atoms with Gasteiger partial charge < -0.3 is 50.0 Å². The number of oxime groups is 2. The van der Waals surface area contributed by atoms with E-state index in [2.05, 4.69) is 84.7 Å². The molecule has 0 radical (unpaired) electrons. The van der Waals surface area contributed by atoms with Crippen molar-refractivity contribution < 1.29 is 62.0 Å². The van der Waals surface area contributed by atoms with Crippen molar-refractivity contribution in [1.82, 2.24) is 10.6 Å². The molecule has 56 heavy (non-hydrogen) atoms. The van der Waals surface area contributed by atoms with Crippen molar-refractivity contribution in [2.75, 3.05) is 13.1 Å². The third-order valence-electron chi connectivity index (χ3n) is 7.90. The van der Waals surface area contributed by atoms with E-state index < -0.39 is 51.6 Å². The van der Waals surface area contributed by atoms with Crippen molar-refractivity contribution in [3.63, 3.8) is 0 Å². The van der Waals surface area contributed by atoms with Crippen LogP contribution in [0, 0.1) is 0 Å². The molecule has 0 unspecified atom stereocenters. The number of aliphatic hydroxyl groups excluding tert-OH is 2. The van der Waals surface area contributed by atoms with Crippen LogP contribution >= 0.6 is 63.7 Å². The SMILES string of the molecule is O=C1NC[C@@H](O)c2ccc(c(Br)c2)Oc2cc(ccc2O)CCNC(=O)C(=NO)[C@@H](O)c2cc(Br)c(c(Br)c2)Oc2cc(cc(Br)c2OS(=O)(=O)O)CC1=NO. The molecule has 0 saturated carbocycles. The average molecular weight is 1050 g/mol. The summed E-state index contributed by atoms with van der Waals surface area (Å²) < 4.78 is 50.3. The largest absolute Gasteiger partial charge is 0.504 e. The summed E-state index contributed by atoms with van der Waals surface area (Å²) in [6, 6.07) is 14.3. The lowest BCUT2D eigenvalue weighted by Crippen LogP contribution is -2.36. The van der Waals surface area contributed by atoms with Gasteiger partial charge in [-0.2, -0.15) is 8.42 Å². The van der Waals surface area contributed by atoms with Crippen LogP contribution in [0.15, 0.2) is 88.9 Å². The minimum atomic E-state index is -5.11. The quantitative estimate of drug-likeness (QED) is 0.0655. The predicted octanol–water partition coefficient (Wildman–Crippen LogP) is 5.97. The van der Waals surface area contributed by atoms with Gasteiger partial charge in [0.05, 0.1) is 24.0 Å². The van der Waals surface area contributed by atoms with Crippen LogP contribution in [0.4, 0.5) is 0 Å². The first-order valence-corrected chi connectivity index (χ1v) is 20.3. The van der Waals surface area contributed by atoms with Crippen molar-refractivity contribution >= 4 is 97.4 Å². The standard InChI is InChI=1S/C34H28Br4N4O13S/c35-19-11-17-2-4-26(19)53-27-9-15(1-3-24(27)43)5-6-39-34(47)29(42-49)30(45)18-12-21(37)31(22(38)13-18)54-28-10-16(7-20(36)32(28)55-56(50,51)52)8-23(41-48)33(46)40-14-25(17)44/h1-4,7,9-13,25,30,43-45,48-49H,5-6,8,14H2,(H,39,47)(H,40,46)(H,50,51,52)/t25-,30+/m1/s1. The van der Waals surface area contributed by atoms with Crippen molar-refractivity contribution in [2.45, 2.75) is 25.0 Å². The number of nitrogens with zero attached hydrogens (tertiary/aromatic N) is 2. The molecule has 4 aliphatic heterocycles. The van der Waals surface area contributed by atoms with Crippen LogP contribution in [-0.4, -0.2) is 75.0 Å². The fourth-order valence-corrected chi connectivity index (χ4v) is 8.13. The zero-order valence-corrected chi connectivity index (χ0v) is 35.3. The normalized spacial score (nSPS) is 18.7. The number of hydrogen-bond donors (Lipinski definition) is 8. The van der Waals surface area contributed by atoms with Gasteiger partial charge in [0.25, 0.3) is 11.8 Å². The Morgan fingerprint density at radius 3 is 2.07 bits per heavy atom. The molecule has 4 heterocycles. The fraction of sp³-hybridized carbons (Fsp3) is 0.176. The van der Waals surface area contributed by atoms with Crippen LogP contribution in [0.1, 0.15) is 34.5 Å². The molecular weight excluding hydrogens is 1020 g/mol. The van der Waals surface area contributed by atoms with E-state index in [9.17, 15) is 48.3 Å². The molecule has 8 rings (SSSR count). The smallest absolute Gasteiger partial charge is 0.446 e. The topological polar surface area (TPSA) is 266 Å². The number of ether oxygens (including phenoxy) is 2. The summed E-state index contributed by atoms with van der Waals surface area (Å²) in [6.45, 7) is -0.308. The highest BCUT2D eigenvalue weighted by atomic mass is 79.9. The Hall–Kier alpha value is -4.29. The van der Waals surface area contributed by atoms with E-state index in [1.165, 1.54) is 48.5 Å². The number of phenolic OH excluding ortho intramolecular Hbond substituents is 1. The van der Waals surface area contributed by atoms with Gasteiger partial charge in [-0.25, -0.2) is 0 Å². The number of carbonyl (C=O) groups is 2. The van der Waals surface area contributed by atoms with Crippen molar-refractivity contribution in [3.05, 3.63) is 101 Å². The lowest BCUT2D eigenvalue weighted by atomic mass is 10.0. The Morgan fingerprint density at radius 1 is 0.750 bits per heavy atom. The van der Waals surface area contributed by atoms with Crippen molar-refractivity contribution in [3.8, 4) is 34.5 Å². The molecule has 0 spiro atoms. The van der Waals surface area contributed by atoms with Crippen LogP contribution in [0.3, 0.4) is 0 Å².